The van der Waals surface area contributed by atoms with Crippen LogP contribution in [0, 0.1) is 13.8 Å². The number of hydrogen-bond acceptors (Lipinski definition) is 4. The van der Waals surface area contributed by atoms with E-state index in [2.05, 4.69) is 0 Å². The van der Waals surface area contributed by atoms with Crippen LogP contribution < -0.4 is 4.74 Å². The molecule has 0 amide bonds. The van der Waals surface area contributed by atoms with Crippen LogP contribution in [-0.2, 0) is 10.0 Å². The molecule has 1 saturated heterocycles. The summed E-state index contributed by atoms with van der Waals surface area (Å²) in [5, 5.41) is -0.169. The van der Waals surface area contributed by atoms with Gasteiger partial charge in [0.15, 0.2) is 0 Å². The van der Waals surface area contributed by atoms with Crippen LogP contribution in [0.25, 0.3) is 0 Å². The molecular formula is C18H21NO3S2. The van der Waals surface area contributed by atoms with E-state index in [1.807, 2.05) is 44.2 Å². The minimum Gasteiger partial charge on any atom is -0.496 e. The largest absolute Gasteiger partial charge is 0.496 e. The van der Waals surface area contributed by atoms with E-state index in [1.54, 1.807) is 35.3 Å². The van der Waals surface area contributed by atoms with Gasteiger partial charge in [-0.05, 0) is 42.7 Å². The maximum Gasteiger partial charge on any atom is 0.244 e. The van der Waals surface area contributed by atoms with Gasteiger partial charge >= 0.3 is 0 Å². The maximum atomic E-state index is 13.3. The second kappa shape index (κ2) is 6.78. The zero-order valence-electron chi connectivity index (χ0n) is 14.0. The zero-order valence-corrected chi connectivity index (χ0v) is 15.7. The molecule has 6 heteroatoms. The lowest BCUT2D eigenvalue weighted by Crippen LogP contribution is -2.31. The summed E-state index contributed by atoms with van der Waals surface area (Å²) < 4.78 is 33.4. The number of sulfonamides is 1. The van der Waals surface area contributed by atoms with Gasteiger partial charge in [-0.1, -0.05) is 30.3 Å². The number of benzene rings is 2. The fourth-order valence-electron chi connectivity index (χ4n) is 2.97. The highest BCUT2D eigenvalue weighted by atomic mass is 32.2. The van der Waals surface area contributed by atoms with Gasteiger partial charge in [-0.25, -0.2) is 8.42 Å². The Hall–Kier alpha value is -1.50. The van der Waals surface area contributed by atoms with E-state index in [9.17, 15) is 8.42 Å². The van der Waals surface area contributed by atoms with Gasteiger partial charge < -0.3 is 4.74 Å². The summed E-state index contributed by atoms with van der Waals surface area (Å²) in [5.41, 5.74) is 2.55. The van der Waals surface area contributed by atoms with Crippen molar-refractivity contribution in [2.24, 2.45) is 0 Å². The Balaban J connectivity index is 2.03. The standard InChI is InChI=1S/C18H21NO3S2/c1-13-12-17(14(2)11-16(13)22-3)24(20,21)19-9-10-23-18(19)15-7-5-4-6-8-15/h4-8,11-12,18H,9-10H2,1-3H3. The summed E-state index contributed by atoms with van der Waals surface area (Å²) in [4.78, 5) is 0.365. The average Bonchev–Trinajstić information content (AvgIpc) is 3.08. The highest BCUT2D eigenvalue weighted by Gasteiger charge is 2.37. The van der Waals surface area contributed by atoms with Crippen molar-refractivity contribution in [3.05, 3.63) is 59.2 Å². The third-order valence-electron chi connectivity index (χ3n) is 4.21. The van der Waals surface area contributed by atoms with Crippen molar-refractivity contribution in [2.75, 3.05) is 19.4 Å². The van der Waals surface area contributed by atoms with Gasteiger partial charge in [0, 0.05) is 12.3 Å². The summed E-state index contributed by atoms with van der Waals surface area (Å²) in [6.07, 6.45) is 0. The van der Waals surface area contributed by atoms with E-state index in [-0.39, 0.29) is 5.37 Å². The molecule has 0 saturated carbocycles. The van der Waals surface area contributed by atoms with Crippen molar-refractivity contribution in [2.45, 2.75) is 24.1 Å². The lowest BCUT2D eigenvalue weighted by molar-refractivity contribution is 0.410. The summed E-state index contributed by atoms with van der Waals surface area (Å²) in [6.45, 7) is 4.21. The van der Waals surface area contributed by atoms with Crippen molar-refractivity contribution in [1.82, 2.24) is 4.31 Å². The first-order chi connectivity index (χ1) is 11.4. The number of nitrogens with zero attached hydrogens (tertiary/aromatic N) is 1. The van der Waals surface area contributed by atoms with Crippen LogP contribution in [0.3, 0.4) is 0 Å². The predicted octanol–water partition coefficient (Wildman–Crippen LogP) is 3.75. The van der Waals surface area contributed by atoms with E-state index >= 15 is 0 Å². The Morgan fingerprint density at radius 1 is 1.12 bits per heavy atom. The van der Waals surface area contributed by atoms with Crippen molar-refractivity contribution in [3.63, 3.8) is 0 Å². The van der Waals surface area contributed by atoms with Gasteiger partial charge in [0.05, 0.1) is 17.4 Å². The first-order valence-corrected chi connectivity index (χ1v) is 10.3. The van der Waals surface area contributed by atoms with Crippen LogP contribution in [0.4, 0.5) is 0 Å². The quantitative estimate of drug-likeness (QED) is 0.830. The molecule has 4 nitrogen and oxygen atoms in total. The van der Waals surface area contributed by atoms with Crippen molar-refractivity contribution < 1.29 is 13.2 Å². The summed E-state index contributed by atoms with van der Waals surface area (Å²) >= 11 is 1.66. The van der Waals surface area contributed by atoms with E-state index in [4.69, 9.17) is 4.74 Å². The van der Waals surface area contributed by atoms with E-state index in [0.29, 0.717) is 22.8 Å². The van der Waals surface area contributed by atoms with Gasteiger partial charge in [0.2, 0.25) is 10.0 Å². The Morgan fingerprint density at radius 2 is 1.83 bits per heavy atom. The Kier molecular flexibility index (Phi) is 4.90. The lowest BCUT2D eigenvalue weighted by Gasteiger charge is -2.25. The zero-order chi connectivity index (χ0) is 17.3. The molecule has 1 aliphatic heterocycles. The van der Waals surface area contributed by atoms with Gasteiger partial charge in [-0.3, -0.25) is 0 Å². The lowest BCUT2D eigenvalue weighted by atomic mass is 10.1. The number of hydrogen-bond donors (Lipinski definition) is 0. The summed E-state index contributed by atoms with van der Waals surface area (Å²) in [5.74, 6) is 1.51. The molecule has 1 fully saturated rings. The number of aryl methyl sites for hydroxylation is 2. The molecule has 128 valence electrons. The van der Waals surface area contributed by atoms with Gasteiger partial charge in [-0.15, -0.1) is 11.8 Å². The molecule has 0 radical (unpaired) electrons. The second-order valence-electron chi connectivity index (χ2n) is 5.84. The molecule has 1 atom stereocenters. The SMILES string of the molecule is COc1cc(C)c(S(=O)(=O)N2CCSC2c2ccccc2)cc1C. The molecule has 24 heavy (non-hydrogen) atoms. The Bertz CT molecular complexity index is 835. The van der Waals surface area contributed by atoms with Crippen LogP contribution in [0.1, 0.15) is 22.1 Å². The molecular weight excluding hydrogens is 342 g/mol. The number of thioether (sulfide) groups is 1. The van der Waals surface area contributed by atoms with Crippen molar-refractivity contribution >= 4 is 21.8 Å². The van der Waals surface area contributed by atoms with Crippen LogP contribution in [-0.4, -0.2) is 32.1 Å². The normalized spacial score (nSPS) is 18.7. The number of methoxy groups -OCH3 is 1. The fraction of sp³-hybridized carbons (Fsp3) is 0.333. The smallest absolute Gasteiger partial charge is 0.244 e. The summed E-state index contributed by atoms with van der Waals surface area (Å²) in [6, 6.07) is 13.3. The molecule has 1 heterocycles. The average molecular weight is 364 g/mol. The van der Waals surface area contributed by atoms with Crippen molar-refractivity contribution in [3.8, 4) is 5.75 Å². The maximum absolute atomic E-state index is 13.3. The molecule has 0 aromatic heterocycles. The molecule has 3 rings (SSSR count). The monoisotopic (exact) mass is 363 g/mol. The third kappa shape index (κ3) is 3.06. The van der Waals surface area contributed by atoms with Crippen molar-refractivity contribution in [1.29, 1.82) is 0 Å². The minimum atomic E-state index is -3.56. The number of rotatable bonds is 4. The molecule has 2 aromatic rings. The highest BCUT2D eigenvalue weighted by Crippen LogP contribution is 2.42. The molecule has 1 unspecified atom stereocenters. The number of ether oxygens (including phenoxy) is 1. The molecule has 0 aliphatic carbocycles. The Morgan fingerprint density at radius 3 is 2.50 bits per heavy atom. The van der Waals surface area contributed by atoms with Gasteiger partial charge in [-0.2, -0.15) is 4.31 Å². The fourth-order valence-corrected chi connectivity index (χ4v) is 6.50. The van der Waals surface area contributed by atoms with Gasteiger partial charge in [0.1, 0.15) is 5.75 Å². The van der Waals surface area contributed by atoms with Crippen LogP contribution in [0.15, 0.2) is 47.4 Å². The first kappa shape index (κ1) is 17.3. The third-order valence-corrected chi connectivity index (χ3v) is 7.61. The molecule has 0 N–H and O–H groups in total. The van der Waals surface area contributed by atoms with E-state index in [1.165, 1.54) is 0 Å². The first-order valence-electron chi connectivity index (χ1n) is 7.79. The van der Waals surface area contributed by atoms with Gasteiger partial charge in [0.25, 0.3) is 0 Å². The van der Waals surface area contributed by atoms with E-state index < -0.39 is 10.0 Å². The topological polar surface area (TPSA) is 46.6 Å². The Labute approximate surface area is 147 Å². The van der Waals surface area contributed by atoms with Crippen LogP contribution in [0.5, 0.6) is 5.75 Å². The molecule has 0 spiro atoms. The molecule has 0 bridgehead atoms. The van der Waals surface area contributed by atoms with E-state index in [0.717, 1.165) is 16.9 Å². The van der Waals surface area contributed by atoms with Crippen LogP contribution >= 0.6 is 11.8 Å². The molecule has 1 aliphatic rings. The highest BCUT2D eigenvalue weighted by molar-refractivity contribution is 8.01. The van der Waals surface area contributed by atoms with Crippen LogP contribution in [0.2, 0.25) is 0 Å². The predicted molar refractivity (Wildman–Crippen MR) is 98.0 cm³/mol. The second-order valence-corrected chi connectivity index (χ2v) is 8.88. The summed E-state index contributed by atoms with van der Waals surface area (Å²) in [7, 11) is -1.96. The minimum absolute atomic E-state index is 0.169. The molecule has 2 aromatic carbocycles.